The molecule has 0 aromatic carbocycles. The molecule has 4 heteroatoms. The molecule has 1 rings (SSSR count). The summed E-state index contributed by atoms with van der Waals surface area (Å²) in [6, 6.07) is 0. The lowest BCUT2D eigenvalue weighted by atomic mass is 9.74. The lowest BCUT2D eigenvalue weighted by Crippen LogP contribution is -2.57. The Balaban J connectivity index is 2.88. The first-order chi connectivity index (χ1) is 8.19. The van der Waals surface area contributed by atoms with E-state index in [0.717, 1.165) is 0 Å². The van der Waals surface area contributed by atoms with E-state index >= 15 is 0 Å². The van der Waals surface area contributed by atoms with Gasteiger partial charge in [0.15, 0.2) is 0 Å². The predicted molar refractivity (Wildman–Crippen MR) is 74.7 cm³/mol. The summed E-state index contributed by atoms with van der Waals surface area (Å²) in [7, 11) is 0. The van der Waals surface area contributed by atoms with E-state index in [9.17, 15) is 14.7 Å². The number of amides is 1. The summed E-state index contributed by atoms with van der Waals surface area (Å²) in [5, 5.41) is 12.2. The van der Waals surface area contributed by atoms with Gasteiger partial charge < -0.3 is 10.4 Å². The fraction of sp³-hybridized carbons (Fsp3) is 0.867. The zero-order chi connectivity index (χ0) is 15.4. The van der Waals surface area contributed by atoms with Crippen LogP contribution in [0.2, 0.25) is 0 Å². The first-order valence-corrected chi connectivity index (χ1v) is 6.75. The number of aliphatic carboxylic acids is 1. The number of carboxylic acid groups (broad SMARTS) is 1. The van der Waals surface area contributed by atoms with Crippen LogP contribution >= 0.6 is 0 Å². The lowest BCUT2D eigenvalue weighted by molar-refractivity contribution is -0.152. The van der Waals surface area contributed by atoms with Gasteiger partial charge in [-0.2, -0.15) is 0 Å². The van der Waals surface area contributed by atoms with Gasteiger partial charge in [0.2, 0.25) is 5.91 Å². The van der Waals surface area contributed by atoms with Crippen molar-refractivity contribution < 1.29 is 14.7 Å². The van der Waals surface area contributed by atoms with Crippen molar-refractivity contribution >= 4 is 11.9 Å². The number of carboxylic acids is 1. The van der Waals surface area contributed by atoms with Crippen LogP contribution in [0.25, 0.3) is 0 Å². The van der Waals surface area contributed by atoms with Crippen LogP contribution in [0.4, 0.5) is 0 Å². The number of nitrogens with one attached hydrogen (secondary N) is 1. The molecule has 0 aliphatic heterocycles. The van der Waals surface area contributed by atoms with Crippen LogP contribution in [-0.2, 0) is 9.59 Å². The summed E-state index contributed by atoms with van der Waals surface area (Å²) < 4.78 is 0. The van der Waals surface area contributed by atoms with Gasteiger partial charge in [-0.3, -0.25) is 9.59 Å². The average molecular weight is 269 g/mol. The highest BCUT2D eigenvalue weighted by Gasteiger charge is 2.68. The third-order valence-corrected chi connectivity index (χ3v) is 5.82. The number of carbonyl (C=O) groups excluding carboxylic acids is 1. The molecule has 19 heavy (non-hydrogen) atoms. The summed E-state index contributed by atoms with van der Waals surface area (Å²) in [6.45, 7) is 15.1. The Morgan fingerprint density at radius 3 is 1.63 bits per heavy atom. The van der Waals surface area contributed by atoms with Gasteiger partial charge in [-0.1, -0.05) is 27.7 Å². The van der Waals surface area contributed by atoms with E-state index in [2.05, 4.69) is 33.0 Å². The summed E-state index contributed by atoms with van der Waals surface area (Å²) >= 11 is 0. The third kappa shape index (κ3) is 2.15. The summed E-state index contributed by atoms with van der Waals surface area (Å²) in [6.07, 6.45) is 0. The molecule has 0 radical (unpaired) electrons. The third-order valence-electron chi connectivity index (χ3n) is 5.82. The average Bonchev–Trinajstić information content (AvgIpc) is 2.55. The monoisotopic (exact) mass is 269 g/mol. The zero-order valence-corrected chi connectivity index (χ0v) is 13.3. The van der Waals surface area contributed by atoms with Crippen LogP contribution in [0.1, 0.15) is 55.4 Å². The van der Waals surface area contributed by atoms with E-state index in [4.69, 9.17) is 0 Å². The standard InChI is InChI=1S/C15H27NO3/c1-12(2)9(13(12,3)4)10(17)16-15(7,8)14(5,6)11(18)19/h9H,1-8H3,(H,16,17)(H,18,19). The van der Waals surface area contributed by atoms with Crippen molar-refractivity contribution in [1.82, 2.24) is 5.32 Å². The maximum atomic E-state index is 12.4. The van der Waals surface area contributed by atoms with Crippen LogP contribution in [0.15, 0.2) is 0 Å². The van der Waals surface area contributed by atoms with Gasteiger partial charge in [0.1, 0.15) is 0 Å². The van der Waals surface area contributed by atoms with Crippen LogP contribution < -0.4 is 5.32 Å². The van der Waals surface area contributed by atoms with E-state index in [0.29, 0.717) is 0 Å². The molecule has 0 aromatic rings. The van der Waals surface area contributed by atoms with Gasteiger partial charge in [-0.05, 0) is 38.5 Å². The van der Waals surface area contributed by atoms with Crippen LogP contribution in [0.5, 0.6) is 0 Å². The number of hydrogen-bond acceptors (Lipinski definition) is 2. The molecule has 4 nitrogen and oxygen atoms in total. The zero-order valence-electron chi connectivity index (χ0n) is 13.3. The molecule has 110 valence electrons. The van der Waals surface area contributed by atoms with Crippen molar-refractivity contribution in [2.45, 2.75) is 60.9 Å². The normalized spacial score (nSPS) is 21.9. The Kier molecular flexibility index (Phi) is 3.34. The topological polar surface area (TPSA) is 66.4 Å². The van der Waals surface area contributed by atoms with Crippen molar-refractivity contribution in [3.63, 3.8) is 0 Å². The molecule has 0 bridgehead atoms. The van der Waals surface area contributed by atoms with Crippen molar-refractivity contribution in [1.29, 1.82) is 0 Å². The van der Waals surface area contributed by atoms with Crippen LogP contribution in [-0.4, -0.2) is 22.5 Å². The Labute approximate surface area is 116 Å². The predicted octanol–water partition coefficient (Wildman–Crippen LogP) is 2.67. The smallest absolute Gasteiger partial charge is 0.311 e. The fourth-order valence-corrected chi connectivity index (χ4v) is 2.66. The first-order valence-electron chi connectivity index (χ1n) is 6.75. The molecule has 1 saturated carbocycles. The second kappa shape index (κ2) is 3.97. The van der Waals surface area contributed by atoms with Gasteiger partial charge in [0.25, 0.3) is 0 Å². The molecular weight excluding hydrogens is 242 g/mol. The Morgan fingerprint density at radius 1 is 1.00 bits per heavy atom. The van der Waals surface area contributed by atoms with Crippen LogP contribution in [0.3, 0.4) is 0 Å². The van der Waals surface area contributed by atoms with Crippen molar-refractivity contribution in [2.75, 3.05) is 0 Å². The minimum absolute atomic E-state index is 0.0411. The second-order valence-electron chi connectivity index (χ2n) is 7.92. The summed E-state index contributed by atoms with van der Waals surface area (Å²) in [5.74, 6) is -1.02. The Hall–Kier alpha value is -1.06. The summed E-state index contributed by atoms with van der Waals surface area (Å²) in [4.78, 5) is 23.8. The molecule has 0 saturated heterocycles. The molecular formula is C15H27NO3. The van der Waals surface area contributed by atoms with E-state index in [1.165, 1.54) is 0 Å². The highest BCUT2D eigenvalue weighted by molar-refractivity contribution is 5.86. The molecule has 0 unspecified atom stereocenters. The largest absolute Gasteiger partial charge is 0.481 e. The first kappa shape index (κ1) is 16.0. The maximum Gasteiger partial charge on any atom is 0.311 e. The molecule has 1 aliphatic carbocycles. The molecule has 1 fully saturated rings. The van der Waals surface area contributed by atoms with E-state index in [-0.39, 0.29) is 22.7 Å². The Bertz CT molecular complexity index is 405. The summed E-state index contributed by atoms with van der Waals surface area (Å²) in [5.41, 5.74) is -1.91. The lowest BCUT2D eigenvalue weighted by Gasteiger charge is -2.39. The Morgan fingerprint density at radius 2 is 1.37 bits per heavy atom. The molecule has 2 N–H and O–H groups in total. The fourth-order valence-electron chi connectivity index (χ4n) is 2.66. The molecule has 1 aliphatic rings. The molecule has 1 amide bonds. The van der Waals surface area contributed by atoms with Gasteiger partial charge in [-0.15, -0.1) is 0 Å². The van der Waals surface area contributed by atoms with Gasteiger partial charge >= 0.3 is 5.97 Å². The minimum Gasteiger partial charge on any atom is -0.481 e. The van der Waals surface area contributed by atoms with Gasteiger partial charge in [0.05, 0.1) is 5.41 Å². The number of carbonyl (C=O) groups is 2. The van der Waals surface area contributed by atoms with Crippen molar-refractivity contribution in [3.05, 3.63) is 0 Å². The van der Waals surface area contributed by atoms with Crippen molar-refractivity contribution in [3.8, 4) is 0 Å². The van der Waals surface area contributed by atoms with Gasteiger partial charge in [0, 0.05) is 11.5 Å². The van der Waals surface area contributed by atoms with E-state index in [1.54, 1.807) is 27.7 Å². The molecule has 0 heterocycles. The SMILES string of the molecule is CC(C)(NC(=O)C1C(C)(C)C1(C)C)C(C)(C)C(=O)O. The van der Waals surface area contributed by atoms with Crippen LogP contribution in [0, 0.1) is 22.2 Å². The minimum atomic E-state index is -1.02. The van der Waals surface area contributed by atoms with Crippen molar-refractivity contribution in [2.24, 2.45) is 22.2 Å². The quantitative estimate of drug-likeness (QED) is 0.824. The highest BCUT2D eigenvalue weighted by atomic mass is 16.4. The van der Waals surface area contributed by atoms with E-state index in [1.807, 2.05) is 0 Å². The van der Waals surface area contributed by atoms with E-state index < -0.39 is 16.9 Å². The van der Waals surface area contributed by atoms with Gasteiger partial charge in [-0.25, -0.2) is 0 Å². The highest BCUT2D eigenvalue weighted by Crippen LogP contribution is 2.68. The molecule has 0 atom stereocenters. The number of hydrogen-bond donors (Lipinski definition) is 2. The number of rotatable bonds is 4. The maximum absolute atomic E-state index is 12.4. The second-order valence-corrected chi connectivity index (χ2v) is 7.92. The molecule has 0 aromatic heterocycles. The molecule has 0 spiro atoms.